The van der Waals surface area contributed by atoms with E-state index in [1.807, 2.05) is 19.3 Å². The van der Waals surface area contributed by atoms with Crippen LogP contribution in [0, 0.1) is 6.92 Å². The van der Waals surface area contributed by atoms with Gasteiger partial charge in [-0.25, -0.2) is 4.98 Å². The summed E-state index contributed by atoms with van der Waals surface area (Å²) < 4.78 is 2.10. The summed E-state index contributed by atoms with van der Waals surface area (Å²) in [6.45, 7) is 9.61. The lowest BCUT2D eigenvalue weighted by Crippen LogP contribution is -2.44. The van der Waals surface area contributed by atoms with Crippen LogP contribution in [0.1, 0.15) is 29.9 Å². The Hall–Kier alpha value is -2.63. The van der Waals surface area contributed by atoms with Crippen LogP contribution >= 0.6 is 0 Å². The minimum atomic E-state index is 0.297. The van der Waals surface area contributed by atoms with Gasteiger partial charge in [0, 0.05) is 62.5 Å². The molecule has 29 heavy (non-hydrogen) atoms. The quantitative estimate of drug-likeness (QED) is 0.696. The Morgan fingerprint density at radius 3 is 2.21 bits per heavy atom. The number of benzene rings is 2. The molecule has 4 rings (SSSR count). The number of likely N-dealkylation sites (N-methyl/N-ethyl adjacent to an activating group) is 1. The van der Waals surface area contributed by atoms with Crippen molar-refractivity contribution in [2.75, 3.05) is 38.1 Å². The van der Waals surface area contributed by atoms with Gasteiger partial charge in [0.15, 0.2) is 0 Å². The fourth-order valence-electron chi connectivity index (χ4n) is 3.85. The van der Waals surface area contributed by atoms with E-state index in [1.54, 1.807) is 0 Å². The van der Waals surface area contributed by atoms with E-state index < -0.39 is 0 Å². The third-order valence-corrected chi connectivity index (χ3v) is 5.91. The molecular formula is C24H31N5. The molecule has 3 aromatic rings. The van der Waals surface area contributed by atoms with Gasteiger partial charge in [-0.2, -0.15) is 0 Å². The SMILES string of the molecule is Cc1nccn1-c1ccc(C(C)NCc2ccc(N3CCN(C)CC3)cc2)cc1. The summed E-state index contributed by atoms with van der Waals surface area (Å²) in [5.41, 5.74) is 5.09. The first-order valence-corrected chi connectivity index (χ1v) is 10.5. The van der Waals surface area contributed by atoms with Crippen LogP contribution in [-0.4, -0.2) is 47.7 Å². The highest BCUT2D eigenvalue weighted by Gasteiger charge is 2.14. The summed E-state index contributed by atoms with van der Waals surface area (Å²) in [6, 6.07) is 18.0. The van der Waals surface area contributed by atoms with Crippen molar-refractivity contribution in [2.24, 2.45) is 0 Å². The highest BCUT2D eigenvalue weighted by atomic mass is 15.2. The fraction of sp³-hybridized carbons (Fsp3) is 0.375. The van der Waals surface area contributed by atoms with Gasteiger partial charge in [0.25, 0.3) is 0 Å². The van der Waals surface area contributed by atoms with Crippen LogP contribution < -0.4 is 10.2 Å². The maximum atomic E-state index is 4.30. The number of imidazole rings is 1. The monoisotopic (exact) mass is 389 g/mol. The van der Waals surface area contributed by atoms with Crippen molar-refractivity contribution in [3.05, 3.63) is 77.9 Å². The molecule has 1 atom stereocenters. The van der Waals surface area contributed by atoms with E-state index in [0.717, 1.165) is 44.2 Å². The minimum Gasteiger partial charge on any atom is -0.369 e. The van der Waals surface area contributed by atoms with E-state index in [0.29, 0.717) is 6.04 Å². The van der Waals surface area contributed by atoms with Crippen LogP contribution in [0.3, 0.4) is 0 Å². The number of nitrogens with one attached hydrogen (secondary N) is 1. The van der Waals surface area contributed by atoms with Gasteiger partial charge in [0.1, 0.15) is 5.82 Å². The van der Waals surface area contributed by atoms with Gasteiger partial charge in [0.05, 0.1) is 0 Å². The number of aromatic nitrogens is 2. The van der Waals surface area contributed by atoms with E-state index in [2.05, 4.69) is 87.2 Å². The lowest BCUT2D eigenvalue weighted by Gasteiger charge is -2.34. The van der Waals surface area contributed by atoms with Crippen molar-refractivity contribution in [1.82, 2.24) is 19.8 Å². The molecular weight excluding hydrogens is 358 g/mol. The molecule has 5 heteroatoms. The Balaban J connectivity index is 1.32. The first-order valence-electron chi connectivity index (χ1n) is 10.5. The molecule has 1 saturated heterocycles. The molecule has 1 unspecified atom stereocenters. The lowest BCUT2D eigenvalue weighted by atomic mass is 10.1. The fourth-order valence-corrected chi connectivity index (χ4v) is 3.85. The Bertz CT molecular complexity index is 905. The summed E-state index contributed by atoms with van der Waals surface area (Å²) in [6.07, 6.45) is 3.83. The van der Waals surface area contributed by atoms with Crippen LogP contribution in [-0.2, 0) is 6.54 Å². The summed E-state index contributed by atoms with van der Waals surface area (Å²) >= 11 is 0. The number of piperazine rings is 1. The Morgan fingerprint density at radius 2 is 1.59 bits per heavy atom. The first-order chi connectivity index (χ1) is 14.1. The van der Waals surface area contributed by atoms with Crippen LogP contribution in [0.5, 0.6) is 0 Å². The molecule has 152 valence electrons. The van der Waals surface area contributed by atoms with Crippen LogP contribution in [0.2, 0.25) is 0 Å². The Labute approximate surface area is 174 Å². The summed E-state index contributed by atoms with van der Waals surface area (Å²) in [5.74, 6) is 1.00. The number of hydrogen-bond donors (Lipinski definition) is 1. The average Bonchev–Trinajstić information content (AvgIpc) is 3.19. The number of nitrogens with zero attached hydrogens (tertiary/aromatic N) is 4. The van der Waals surface area contributed by atoms with Crippen LogP contribution in [0.4, 0.5) is 5.69 Å². The van der Waals surface area contributed by atoms with Gasteiger partial charge in [0.2, 0.25) is 0 Å². The van der Waals surface area contributed by atoms with E-state index in [9.17, 15) is 0 Å². The molecule has 0 spiro atoms. The molecule has 2 heterocycles. The predicted molar refractivity (Wildman–Crippen MR) is 120 cm³/mol. The summed E-state index contributed by atoms with van der Waals surface area (Å²) in [5, 5.41) is 3.65. The second-order valence-corrected chi connectivity index (χ2v) is 8.00. The zero-order valence-electron chi connectivity index (χ0n) is 17.7. The molecule has 5 nitrogen and oxygen atoms in total. The van der Waals surface area contributed by atoms with Gasteiger partial charge in [-0.05, 0) is 56.3 Å². The lowest BCUT2D eigenvalue weighted by molar-refractivity contribution is 0.313. The summed E-state index contributed by atoms with van der Waals surface area (Å²) in [4.78, 5) is 9.16. The molecule has 1 fully saturated rings. The minimum absolute atomic E-state index is 0.297. The largest absolute Gasteiger partial charge is 0.369 e. The van der Waals surface area contributed by atoms with Crippen molar-refractivity contribution in [3.8, 4) is 5.69 Å². The van der Waals surface area contributed by atoms with Crippen molar-refractivity contribution >= 4 is 5.69 Å². The number of hydrogen-bond acceptors (Lipinski definition) is 4. The number of rotatable bonds is 6. The predicted octanol–water partition coefficient (Wildman–Crippen LogP) is 3.78. The third kappa shape index (κ3) is 4.69. The van der Waals surface area contributed by atoms with Gasteiger partial charge in [-0.1, -0.05) is 24.3 Å². The van der Waals surface area contributed by atoms with E-state index >= 15 is 0 Å². The molecule has 1 aliphatic heterocycles. The van der Waals surface area contributed by atoms with E-state index in [4.69, 9.17) is 0 Å². The first kappa shape index (κ1) is 19.7. The van der Waals surface area contributed by atoms with E-state index in [-0.39, 0.29) is 0 Å². The molecule has 1 aliphatic rings. The van der Waals surface area contributed by atoms with Crippen molar-refractivity contribution in [1.29, 1.82) is 0 Å². The maximum absolute atomic E-state index is 4.30. The zero-order chi connectivity index (χ0) is 20.2. The Morgan fingerprint density at radius 1 is 0.931 bits per heavy atom. The zero-order valence-corrected chi connectivity index (χ0v) is 17.7. The third-order valence-electron chi connectivity index (χ3n) is 5.91. The smallest absolute Gasteiger partial charge is 0.110 e. The summed E-state index contributed by atoms with van der Waals surface area (Å²) in [7, 11) is 2.19. The molecule has 0 aliphatic carbocycles. The second-order valence-electron chi connectivity index (χ2n) is 8.00. The van der Waals surface area contributed by atoms with Crippen LogP contribution in [0.25, 0.3) is 5.69 Å². The Kier molecular flexibility index (Phi) is 5.97. The van der Waals surface area contributed by atoms with Gasteiger partial charge >= 0.3 is 0 Å². The van der Waals surface area contributed by atoms with E-state index in [1.165, 1.54) is 16.8 Å². The molecule has 1 aromatic heterocycles. The highest BCUT2D eigenvalue weighted by Crippen LogP contribution is 2.19. The molecule has 0 bridgehead atoms. The second kappa shape index (κ2) is 8.80. The molecule has 0 amide bonds. The number of aryl methyl sites for hydroxylation is 1. The van der Waals surface area contributed by atoms with Gasteiger partial charge in [-0.15, -0.1) is 0 Å². The van der Waals surface area contributed by atoms with Crippen molar-refractivity contribution in [3.63, 3.8) is 0 Å². The number of anilines is 1. The molecule has 0 radical (unpaired) electrons. The molecule has 2 aromatic carbocycles. The van der Waals surface area contributed by atoms with Gasteiger partial charge in [-0.3, -0.25) is 0 Å². The normalized spacial score (nSPS) is 16.2. The topological polar surface area (TPSA) is 36.3 Å². The average molecular weight is 390 g/mol. The van der Waals surface area contributed by atoms with Crippen molar-refractivity contribution < 1.29 is 0 Å². The van der Waals surface area contributed by atoms with Gasteiger partial charge < -0.3 is 19.7 Å². The molecule has 0 saturated carbocycles. The standard InChI is InChI=1S/C24H31N5/c1-19(22-6-10-24(11-7-22)29-13-12-25-20(29)2)26-18-21-4-8-23(9-5-21)28-16-14-27(3)15-17-28/h4-13,19,26H,14-18H2,1-3H3. The van der Waals surface area contributed by atoms with Crippen molar-refractivity contribution in [2.45, 2.75) is 26.4 Å². The highest BCUT2D eigenvalue weighted by molar-refractivity contribution is 5.48. The molecule has 1 N–H and O–H groups in total. The maximum Gasteiger partial charge on any atom is 0.110 e. The van der Waals surface area contributed by atoms with Crippen LogP contribution in [0.15, 0.2) is 60.9 Å².